The van der Waals surface area contributed by atoms with Crippen molar-refractivity contribution in [3.63, 3.8) is 0 Å². The van der Waals surface area contributed by atoms with Crippen LogP contribution < -0.4 is 5.32 Å². The molecule has 0 saturated heterocycles. The first-order valence-corrected chi connectivity index (χ1v) is 9.90. The molecule has 0 atom stereocenters. The fourth-order valence-electron chi connectivity index (χ4n) is 2.80. The van der Waals surface area contributed by atoms with Crippen LogP contribution in [0.15, 0.2) is 77.7 Å². The van der Waals surface area contributed by atoms with Crippen molar-refractivity contribution in [2.75, 3.05) is 0 Å². The second-order valence-electron chi connectivity index (χ2n) is 6.29. The minimum Gasteiger partial charge on any atom is -0.348 e. The van der Waals surface area contributed by atoms with Crippen LogP contribution in [0.5, 0.6) is 0 Å². The highest BCUT2D eigenvalue weighted by Gasteiger charge is 2.32. The van der Waals surface area contributed by atoms with Gasteiger partial charge in [-0.1, -0.05) is 60.7 Å². The number of nitrogens with one attached hydrogen (secondary N) is 1. The maximum Gasteiger partial charge on any atom is 0.290 e. The summed E-state index contributed by atoms with van der Waals surface area (Å²) in [5.41, 5.74) is 0.00400. The summed E-state index contributed by atoms with van der Waals surface area (Å²) in [6, 6.07) is 20.7. The first-order valence-electron chi connectivity index (χ1n) is 8.91. The summed E-state index contributed by atoms with van der Waals surface area (Å²) in [6.07, 6.45) is 0. The summed E-state index contributed by atoms with van der Waals surface area (Å²) in [6.45, 7) is 0.0957. The predicted octanol–water partition coefficient (Wildman–Crippen LogP) is 4.73. The Hall–Kier alpha value is -3.72. The first-order chi connectivity index (χ1) is 14.5. The maximum absolute atomic E-state index is 12.6. The van der Waals surface area contributed by atoms with Gasteiger partial charge in [0.2, 0.25) is 0 Å². The summed E-state index contributed by atoms with van der Waals surface area (Å²) >= 11 is 1.23. The van der Waals surface area contributed by atoms with Crippen LogP contribution in [0.1, 0.15) is 21.5 Å². The second-order valence-corrected chi connectivity index (χ2v) is 7.34. The first kappa shape index (κ1) is 21.0. The normalized spacial score (nSPS) is 10.4. The van der Waals surface area contributed by atoms with Gasteiger partial charge in [-0.05, 0) is 11.1 Å². The third-order valence-corrected chi connectivity index (χ3v) is 5.28. The zero-order valence-electron chi connectivity index (χ0n) is 15.7. The van der Waals surface area contributed by atoms with Crippen molar-refractivity contribution in [2.24, 2.45) is 0 Å². The predicted molar refractivity (Wildman–Crippen MR) is 113 cm³/mol. The van der Waals surface area contributed by atoms with E-state index in [4.69, 9.17) is 0 Å². The summed E-state index contributed by atoms with van der Waals surface area (Å²) in [5.74, 6) is -0.383. The molecular formula is C21H17N3O5S. The fraction of sp³-hybridized carbons (Fsp3) is 0.0952. The highest BCUT2D eigenvalue weighted by molar-refractivity contribution is 7.98. The molecule has 30 heavy (non-hydrogen) atoms. The number of hydrogen-bond acceptors (Lipinski definition) is 6. The van der Waals surface area contributed by atoms with E-state index in [-0.39, 0.29) is 6.54 Å². The number of nitro benzene ring substituents is 2. The Morgan fingerprint density at radius 1 is 0.833 bits per heavy atom. The third kappa shape index (κ3) is 5.21. The van der Waals surface area contributed by atoms with E-state index in [1.54, 1.807) is 24.3 Å². The number of hydrogen-bond donors (Lipinski definition) is 1. The van der Waals surface area contributed by atoms with E-state index in [0.29, 0.717) is 10.6 Å². The molecule has 0 aliphatic carbocycles. The number of nitrogens with zero attached hydrogens (tertiary/aromatic N) is 2. The largest absolute Gasteiger partial charge is 0.348 e. The molecule has 0 radical (unpaired) electrons. The van der Waals surface area contributed by atoms with Crippen molar-refractivity contribution in [1.29, 1.82) is 0 Å². The molecule has 0 aromatic heterocycles. The molecule has 3 rings (SSSR count). The van der Waals surface area contributed by atoms with Crippen LogP contribution in [-0.2, 0) is 12.3 Å². The molecule has 0 fully saturated rings. The van der Waals surface area contributed by atoms with Crippen molar-refractivity contribution in [1.82, 2.24) is 5.32 Å². The quantitative estimate of drug-likeness (QED) is 0.318. The fourth-order valence-corrected chi connectivity index (χ4v) is 3.71. The highest BCUT2D eigenvalue weighted by Crippen LogP contribution is 2.35. The Labute approximate surface area is 176 Å². The third-order valence-electron chi connectivity index (χ3n) is 4.23. The lowest BCUT2D eigenvalue weighted by atomic mass is 10.1. The van der Waals surface area contributed by atoms with E-state index in [2.05, 4.69) is 5.32 Å². The van der Waals surface area contributed by atoms with Crippen LogP contribution >= 0.6 is 11.8 Å². The van der Waals surface area contributed by atoms with Crippen LogP contribution in [0, 0.1) is 20.2 Å². The van der Waals surface area contributed by atoms with Gasteiger partial charge >= 0.3 is 0 Å². The molecule has 9 heteroatoms. The molecule has 0 aliphatic heterocycles. The van der Waals surface area contributed by atoms with Crippen LogP contribution in [-0.4, -0.2) is 15.8 Å². The van der Waals surface area contributed by atoms with Crippen molar-refractivity contribution in [3.05, 3.63) is 110 Å². The smallest absolute Gasteiger partial charge is 0.290 e. The van der Waals surface area contributed by atoms with Crippen molar-refractivity contribution in [3.8, 4) is 0 Å². The van der Waals surface area contributed by atoms with Crippen LogP contribution in [0.3, 0.4) is 0 Å². The van der Waals surface area contributed by atoms with Gasteiger partial charge in [-0.3, -0.25) is 25.0 Å². The van der Waals surface area contributed by atoms with Gasteiger partial charge in [0.25, 0.3) is 17.3 Å². The molecule has 0 unspecified atom stereocenters. The van der Waals surface area contributed by atoms with E-state index in [9.17, 15) is 25.0 Å². The van der Waals surface area contributed by atoms with Gasteiger partial charge in [0, 0.05) is 29.3 Å². The summed E-state index contributed by atoms with van der Waals surface area (Å²) in [4.78, 5) is 34.6. The molecule has 0 saturated carbocycles. The highest BCUT2D eigenvalue weighted by atomic mass is 32.2. The number of carbonyl (C=O) groups is 1. The van der Waals surface area contributed by atoms with Gasteiger partial charge in [0.05, 0.1) is 9.85 Å². The van der Waals surface area contributed by atoms with E-state index in [0.717, 1.165) is 11.1 Å². The zero-order chi connectivity index (χ0) is 21.5. The van der Waals surface area contributed by atoms with Crippen molar-refractivity contribution < 1.29 is 14.6 Å². The van der Waals surface area contributed by atoms with Gasteiger partial charge in [0.15, 0.2) is 5.56 Å². The van der Waals surface area contributed by atoms with E-state index < -0.39 is 32.7 Å². The number of rotatable bonds is 8. The number of thioether (sulfide) groups is 1. The Bertz CT molecular complexity index is 1040. The average molecular weight is 423 g/mol. The van der Waals surface area contributed by atoms with Gasteiger partial charge in [0.1, 0.15) is 0 Å². The van der Waals surface area contributed by atoms with E-state index in [1.807, 2.05) is 36.4 Å². The van der Waals surface area contributed by atoms with Gasteiger partial charge in [-0.15, -0.1) is 11.8 Å². The lowest BCUT2D eigenvalue weighted by molar-refractivity contribution is -0.394. The van der Waals surface area contributed by atoms with Gasteiger partial charge in [-0.2, -0.15) is 0 Å². The number of amides is 1. The van der Waals surface area contributed by atoms with Crippen LogP contribution in [0.2, 0.25) is 0 Å². The monoisotopic (exact) mass is 423 g/mol. The molecule has 8 nitrogen and oxygen atoms in total. The average Bonchev–Trinajstić information content (AvgIpc) is 2.76. The number of nitro groups is 2. The van der Waals surface area contributed by atoms with E-state index >= 15 is 0 Å². The zero-order valence-corrected chi connectivity index (χ0v) is 16.5. The Kier molecular flexibility index (Phi) is 6.76. The minimum atomic E-state index is -0.864. The minimum absolute atomic E-state index is 0.0957. The molecule has 1 amide bonds. The molecule has 0 heterocycles. The SMILES string of the molecule is O=C(NCc1ccccc1)c1c([N+](=O)[O-])cc(SCc2ccccc2)cc1[N+](=O)[O-]. The molecule has 3 aromatic rings. The number of carbonyl (C=O) groups excluding carboxylic acids is 1. The molecule has 0 aliphatic rings. The topological polar surface area (TPSA) is 115 Å². The van der Waals surface area contributed by atoms with E-state index in [1.165, 1.54) is 23.9 Å². The summed E-state index contributed by atoms with van der Waals surface area (Å²) in [5, 5.41) is 25.7. The van der Waals surface area contributed by atoms with Gasteiger partial charge < -0.3 is 5.32 Å². The molecule has 152 valence electrons. The number of benzene rings is 3. The van der Waals surface area contributed by atoms with Crippen LogP contribution in [0.25, 0.3) is 0 Å². The lowest BCUT2D eigenvalue weighted by Gasteiger charge is -2.09. The second kappa shape index (κ2) is 9.66. The molecular weight excluding hydrogens is 406 g/mol. The summed E-state index contributed by atoms with van der Waals surface area (Å²) in [7, 11) is 0. The van der Waals surface area contributed by atoms with Crippen LogP contribution in [0.4, 0.5) is 11.4 Å². The van der Waals surface area contributed by atoms with Gasteiger partial charge in [-0.25, -0.2) is 0 Å². The molecule has 3 aromatic carbocycles. The van der Waals surface area contributed by atoms with Crippen molar-refractivity contribution >= 4 is 29.0 Å². The standard InChI is InChI=1S/C21H17N3O5S/c25-21(22-13-15-7-3-1-4-8-15)20-18(23(26)27)11-17(12-19(20)24(28)29)30-14-16-9-5-2-6-10-16/h1-12H,13-14H2,(H,22,25). The Morgan fingerprint density at radius 3 is 1.83 bits per heavy atom. The lowest BCUT2D eigenvalue weighted by Crippen LogP contribution is -2.24. The maximum atomic E-state index is 12.6. The molecule has 0 bridgehead atoms. The van der Waals surface area contributed by atoms with Crippen molar-refractivity contribution in [2.45, 2.75) is 17.2 Å². The summed E-state index contributed by atoms with van der Waals surface area (Å²) < 4.78 is 0. The Balaban J connectivity index is 1.90. The molecule has 1 N–H and O–H groups in total. The molecule has 0 spiro atoms. The Morgan fingerprint density at radius 2 is 1.33 bits per heavy atom.